The fraction of sp³-hybridized carbons (Fsp3) is 0.0566. The normalized spacial score (nSPS) is 13.1. The van der Waals surface area contributed by atoms with Gasteiger partial charge in [-0.15, -0.1) is 0 Å². The van der Waals surface area contributed by atoms with E-state index in [0.29, 0.717) is 0 Å². The third kappa shape index (κ3) is 4.81. The Morgan fingerprint density at radius 1 is 0.400 bits per heavy atom. The molecule has 1 aromatic heterocycles. The second-order valence-corrected chi connectivity index (χ2v) is 15.3. The first-order valence-electron chi connectivity index (χ1n) is 19.1. The molecular formula is C53H37NO. The van der Waals surface area contributed by atoms with Gasteiger partial charge in [-0.3, -0.25) is 0 Å². The summed E-state index contributed by atoms with van der Waals surface area (Å²) in [5.74, 6) is 0. The van der Waals surface area contributed by atoms with Crippen molar-refractivity contribution in [2.75, 3.05) is 4.90 Å². The van der Waals surface area contributed by atoms with E-state index >= 15 is 0 Å². The van der Waals surface area contributed by atoms with Crippen LogP contribution in [0.15, 0.2) is 192 Å². The van der Waals surface area contributed by atoms with Crippen molar-refractivity contribution in [3.05, 3.63) is 199 Å². The number of fused-ring (bicyclic) bond motifs is 9. The molecule has 0 saturated heterocycles. The minimum absolute atomic E-state index is 0.143. The standard InChI is InChI=1S/C53H37NO/c1-53(2)47-24-14-13-22-42(47)43-28-27-39(32-48(43)53)54(38-26-25-34-15-9-10-20-37(34)31-38)49-30-29-40(35-16-5-3-6-17-35)50-46-33-45(36-18-7-4-8-19-36)41-21-11-12-23-44(41)51(46)55-52(49)50/h3-33H,1-2H3. The summed E-state index contributed by atoms with van der Waals surface area (Å²) in [4.78, 5) is 2.41. The van der Waals surface area contributed by atoms with Crippen LogP contribution in [0.2, 0.25) is 0 Å². The molecule has 0 fully saturated rings. The zero-order valence-corrected chi connectivity index (χ0v) is 30.8. The van der Waals surface area contributed by atoms with E-state index < -0.39 is 0 Å². The number of benzene rings is 9. The second-order valence-electron chi connectivity index (χ2n) is 15.3. The largest absolute Gasteiger partial charge is 0.453 e. The SMILES string of the molecule is CC1(C)c2ccccc2-c2ccc(N(c3ccc4ccccc4c3)c3ccc(-c4ccccc4)c4c3oc3c5ccccc5c(-c5ccccc5)cc34)cc21. The van der Waals surface area contributed by atoms with Gasteiger partial charge in [0, 0.05) is 32.9 Å². The highest BCUT2D eigenvalue weighted by Gasteiger charge is 2.36. The van der Waals surface area contributed by atoms with Gasteiger partial charge in [-0.25, -0.2) is 0 Å². The van der Waals surface area contributed by atoms with E-state index in [4.69, 9.17) is 4.42 Å². The van der Waals surface area contributed by atoms with E-state index in [2.05, 4.69) is 207 Å². The summed E-state index contributed by atoms with van der Waals surface area (Å²) in [6, 6.07) is 68.3. The maximum Gasteiger partial charge on any atom is 0.160 e. The average Bonchev–Trinajstić information content (AvgIpc) is 3.74. The van der Waals surface area contributed by atoms with Gasteiger partial charge in [0.2, 0.25) is 0 Å². The van der Waals surface area contributed by atoms with Gasteiger partial charge in [-0.2, -0.15) is 0 Å². The molecule has 0 amide bonds. The number of rotatable bonds is 5. The van der Waals surface area contributed by atoms with Crippen LogP contribution >= 0.6 is 0 Å². The molecule has 9 aromatic carbocycles. The molecule has 0 radical (unpaired) electrons. The number of anilines is 3. The highest BCUT2D eigenvalue weighted by molar-refractivity contribution is 6.24. The van der Waals surface area contributed by atoms with Gasteiger partial charge in [0.15, 0.2) is 5.58 Å². The minimum Gasteiger partial charge on any atom is -0.453 e. The van der Waals surface area contributed by atoms with Crippen molar-refractivity contribution in [2.24, 2.45) is 0 Å². The monoisotopic (exact) mass is 703 g/mol. The van der Waals surface area contributed by atoms with Crippen LogP contribution in [-0.2, 0) is 5.41 Å². The Morgan fingerprint density at radius 2 is 1.00 bits per heavy atom. The zero-order valence-electron chi connectivity index (χ0n) is 30.8. The molecule has 0 unspecified atom stereocenters. The molecule has 55 heavy (non-hydrogen) atoms. The Kier molecular flexibility index (Phi) is 6.93. The number of nitrogens with zero attached hydrogens (tertiary/aromatic N) is 1. The zero-order chi connectivity index (χ0) is 36.7. The first-order valence-corrected chi connectivity index (χ1v) is 19.1. The predicted molar refractivity (Wildman–Crippen MR) is 232 cm³/mol. The third-order valence-corrected chi connectivity index (χ3v) is 11.8. The molecule has 2 nitrogen and oxygen atoms in total. The van der Waals surface area contributed by atoms with Crippen LogP contribution in [0.25, 0.3) is 76.9 Å². The molecule has 0 saturated carbocycles. The summed E-state index contributed by atoms with van der Waals surface area (Å²) in [5, 5.41) is 6.91. The smallest absolute Gasteiger partial charge is 0.160 e. The second kappa shape index (κ2) is 12.1. The molecule has 1 aliphatic rings. The van der Waals surface area contributed by atoms with E-state index in [9.17, 15) is 0 Å². The predicted octanol–water partition coefficient (Wildman–Crippen LogP) is 15.0. The maximum atomic E-state index is 7.30. The molecule has 0 atom stereocenters. The lowest BCUT2D eigenvalue weighted by molar-refractivity contribution is 0.660. The number of hydrogen-bond acceptors (Lipinski definition) is 2. The van der Waals surface area contributed by atoms with Gasteiger partial charge in [-0.1, -0.05) is 166 Å². The lowest BCUT2D eigenvalue weighted by atomic mass is 9.82. The number of hydrogen-bond donors (Lipinski definition) is 0. The fourth-order valence-electron chi connectivity index (χ4n) is 9.15. The third-order valence-electron chi connectivity index (χ3n) is 11.8. The Labute approximate surface area is 320 Å². The summed E-state index contributed by atoms with van der Waals surface area (Å²) in [6.45, 7) is 4.70. The van der Waals surface area contributed by atoms with Gasteiger partial charge in [0.05, 0.1) is 5.69 Å². The Morgan fingerprint density at radius 3 is 1.80 bits per heavy atom. The van der Waals surface area contributed by atoms with Crippen LogP contribution in [0.1, 0.15) is 25.0 Å². The van der Waals surface area contributed by atoms with Gasteiger partial charge in [0.25, 0.3) is 0 Å². The molecule has 0 N–H and O–H groups in total. The Bertz CT molecular complexity index is 3120. The quantitative estimate of drug-likeness (QED) is 0.177. The van der Waals surface area contributed by atoms with Crippen molar-refractivity contribution in [1.82, 2.24) is 0 Å². The number of furan rings is 1. The summed E-state index contributed by atoms with van der Waals surface area (Å²) >= 11 is 0. The van der Waals surface area contributed by atoms with Crippen molar-refractivity contribution >= 4 is 60.5 Å². The van der Waals surface area contributed by atoms with Crippen molar-refractivity contribution in [1.29, 1.82) is 0 Å². The highest BCUT2D eigenvalue weighted by Crippen LogP contribution is 2.53. The summed E-state index contributed by atoms with van der Waals surface area (Å²) < 4.78 is 7.30. The molecular weight excluding hydrogens is 667 g/mol. The first kappa shape index (κ1) is 31.6. The molecule has 1 aliphatic carbocycles. The lowest BCUT2D eigenvalue weighted by Crippen LogP contribution is -2.16. The molecule has 260 valence electrons. The molecule has 0 spiro atoms. The van der Waals surface area contributed by atoms with Crippen LogP contribution in [0.4, 0.5) is 17.1 Å². The molecule has 10 aromatic rings. The van der Waals surface area contributed by atoms with Crippen LogP contribution in [0, 0.1) is 0 Å². The first-order chi connectivity index (χ1) is 27.0. The molecule has 1 heterocycles. The van der Waals surface area contributed by atoms with Gasteiger partial charge in [-0.05, 0) is 97.1 Å². The van der Waals surface area contributed by atoms with E-state index in [1.165, 1.54) is 49.5 Å². The van der Waals surface area contributed by atoms with Crippen molar-refractivity contribution in [3.63, 3.8) is 0 Å². The topological polar surface area (TPSA) is 16.4 Å². The van der Waals surface area contributed by atoms with Crippen molar-refractivity contribution in [3.8, 4) is 33.4 Å². The summed E-state index contributed by atoms with van der Waals surface area (Å²) in [5.41, 5.74) is 14.8. The van der Waals surface area contributed by atoms with Gasteiger partial charge in [0.1, 0.15) is 5.58 Å². The maximum absolute atomic E-state index is 7.30. The van der Waals surface area contributed by atoms with Crippen LogP contribution in [0.3, 0.4) is 0 Å². The van der Waals surface area contributed by atoms with Crippen LogP contribution in [0.5, 0.6) is 0 Å². The Hall–Kier alpha value is -6.90. The van der Waals surface area contributed by atoms with Crippen molar-refractivity contribution in [2.45, 2.75) is 19.3 Å². The summed E-state index contributed by atoms with van der Waals surface area (Å²) in [7, 11) is 0. The van der Waals surface area contributed by atoms with E-state index in [0.717, 1.165) is 55.5 Å². The van der Waals surface area contributed by atoms with E-state index in [1.54, 1.807) is 0 Å². The average molecular weight is 704 g/mol. The minimum atomic E-state index is -0.143. The lowest BCUT2D eigenvalue weighted by Gasteiger charge is -2.28. The van der Waals surface area contributed by atoms with Crippen molar-refractivity contribution < 1.29 is 4.42 Å². The van der Waals surface area contributed by atoms with Crippen LogP contribution in [-0.4, -0.2) is 0 Å². The van der Waals surface area contributed by atoms with Gasteiger partial charge < -0.3 is 9.32 Å². The molecule has 11 rings (SSSR count). The summed E-state index contributed by atoms with van der Waals surface area (Å²) in [6.07, 6.45) is 0. The molecule has 0 bridgehead atoms. The van der Waals surface area contributed by atoms with Gasteiger partial charge >= 0.3 is 0 Å². The van der Waals surface area contributed by atoms with E-state index in [-0.39, 0.29) is 5.41 Å². The Balaban J connectivity index is 1.24. The van der Waals surface area contributed by atoms with E-state index in [1.807, 2.05) is 0 Å². The fourth-order valence-corrected chi connectivity index (χ4v) is 9.15. The molecule has 2 heteroatoms. The molecule has 0 aliphatic heterocycles. The van der Waals surface area contributed by atoms with Crippen LogP contribution < -0.4 is 4.90 Å². The highest BCUT2D eigenvalue weighted by atomic mass is 16.3.